The molecule has 0 aliphatic heterocycles. The number of pyridine rings is 2. The average molecular weight is 307 g/mol. The fourth-order valence-electron chi connectivity index (χ4n) is 2.09. The Kier molecular flexibility index (Phi) is 4.85. The molecule has 1 N–H and O–H groups in total. The molecule has 0 atom stereocenters. The minimum absolute atomic E-state index is 0.602. The fraction of sp³-hybridized carbons (Fsp3) is 0.176. The summed E-state index contributed by atoms with van der Waals surface area (Å²) in [7, 11) is 1.67. The van der Waals surface area contributed by atoms with Gasteiger partial charge in [-0.1, -0.05) is 6.07 Å². The molecule has 6 heteroatoms. The highest BCUT2D eigenvalue weighted by molar-refractivity contribution is 5.64. The lowest BCUT2D eigenvalue weighted by atomic mass is 10.2. The zero-order chi connectivity index (χ0) is 15.9. The number of aromatic nitrogens is 4. The van der Waals surface area contributed by atoms with Crippen LogP contribution in [0.15, 0.2) is 55.0 Å². The summed E-state index contributed by atoms with van der Waals surface area (Å²) in [6.07, 6.45) is 5.22. The van der Waals surface area contributed by atoms with Crippen LogP contribution in [0.4, 0.5) is 5.82 Å². The minimum atomic E-state index is 0.602. The first kappa shape index (κ1) is 15.1. The standard InChI is InChI=1S/C17H17N5O/c1-23-10-9-20-16-11-15(14-6-2-3-8-19-14)21-17(22-16)13-5-4-7-18-12-13/h2-8,11-12H,9-10H2,1H3,(H,20,21,22). The monoisotopic (exact) mass is 307 g/mol. The van der Waals surface area contributed by atoms with Crippen molar-refractivity contribution in [1.82, 2.24) is 19.9 Å². The van der Waals surface area contributed by atoms with Gasteiger partial charge in [0.1, 0.15) is 5.82 Å². The first-order valence-electron chi connectivity index (χ1n) is 7.30. The smallest absolute Gasteiger partial charge is 0.163 e. The second-order valence-electron chi connectivity index (χ2n) is 4.84. The number of nitrogens with zero attached hydrogens (tertiary/aromatic N) is 4. The van der Waals surface area contributed by atoms with Gasteiger partial charge in [0.05, 0.1) is 18.0 Å². The Labute approximate surface area is 134 Å². The maximum absolute atomic E-state index is 5.07. The van der Waals surface area contributed by atoms with Crippen LogP contribution < -0.4 is 5.32 Å². The van der Waals surface area contributed by atoms with Gasteiger partial charge in [-0.25, -0.2) is 9.97 Å². The molecule has 0 bridgehead atoms. The largest absolute Gasteiger partial charge is 0.383 e. The number of ether oxygens (including phenoxy) is 1. The zero-order valence-corrected chi connectivity index (χ0v) is 12.8. The van der Waals surface area contributed by atoms with Gasteiger partial charge in [-0.3, -0.25) is 9.97 Å². The lowest BCUT2D eigenvalue weighted by molar-refractivity contribution is 0.210. The molecule has 0 unspecified atom stereocenters. The van der Waals surface area contributed by atoms with Crippen LogP contribution in [0.1, 0.15) is 0 Å². The van der Waals surface area contributed by atoms with Crippen molar-refractivity contribution in [2.75, 3.05) is 25.6 Å². The normalized spacial score (nSPS) is 10.5. The Morgan fingerprint density at radius 2 is 2.00 bits per heavy atom. The van der Waals surface area contributed by atoms with E-state index in [0.29, 0.717) is 19.0 Å². The van der Waals surface area contributed by atoms with Gasteiger partial charge in [-0.2, -0.15) is 0 Å². The van der Waals surface area contributed by atoms with Crippen LogP contribution in [-0.4, -0.2) is 40.2 Å². The third-order valence-corrected chi connectivity index (χ3v) is 3.19. The highest BCUT2D eigenvalue weighted by Gasteiger charge is 2.09. The van der Waals surface area contributed by atoms with Crippen molar-refractivity contribution in [2.45, 2.75) is 0 Å². The molecular formula is C17H17N5O. The highest BCUT2D eigenvalue weighted by Crippen LogP contribution is 2.22. The number of hydrogen-bond donors (Lipinski definition) is 1. The van der Waals surface area contributed by atoms with Crippen molar-refractivity contribution in [3.05, 3.63) is 55.0 Å². The Morgan fingerprint density at radius 3 is 2.74 bits per heavy atom. The molecule has 3 aromatic heterocycles. The highest BCUT2D eigenvalue weighted by atomic mass is 16.5. The van der Waals surface area contributed by atoms with Crippen LogP contribution in [0, 0.1) is 0 Å². The number of anilines is 1. The van der Waals surface area contributed by atoms with E-state index in [1.54, 1.807) is 25.7 Å². The molecule has 23 heavy (non-hydrogen) atoms. The van der Waals surface area contributed by atoms with Crippen molar-refractivity contribution < 1.29 is 4.74 Å². The van der Waals surface area contributed by atoms with Crippen molar-refractivity contribution in [2.24, 2.45) is 0 Å². The van der Waals surface area contributed by atoms with E-state index < -0.39 is 0 Å². The van der Waals surface area contributed by atoms with E-state index >= 15 is 0 Å². The predicted octanol–water partition coefficient (Wildman–Crippen LogP) is 2.66. The minimum Gasteiger partial charge on any atom is -0.383 e. The molecule has 0 radical (unpaired) electrons. The third kappa shape index (κ3) is 3.87. The Morgan fingerprint density at radius 1 is 1.04 bits per heavy atom. The van der Waals surface area contributed by atoms with Crippen LogP contribution in [0.3, 0.4) is 0 Å². The van der Waals surface area contributed by atoms with Gasteiger partial charge >= 0.3 is 0 Å². The maximum atomic E-state index is 5.07. The maximum Gasteiger partial charge on any atom is 0.163 e. The summed E-state index contributed by atoms with van der Waals surface area (Å²) in [4.78, 5) is 17.7. The molecule has 0 aliphatic carbocycles. The summed E-state index contributed by atoms with van der Waals surface area (Å²) in [6.45, 7) is 1.27. The second-order valence-corrected chi connectivity index (χ2v) is 4.84. The molecule has 6 nitrogen and oxygen atoms in total. The van der Waals surface area contributed by atoms with Crippen LogP contribution in [0.2, 0.25) is 0 Å². The quantitative estimate of drug-likeness (QED) is 0.706. The van der Waals surface area contributed by atoms with Crippen LogP contribution in [0.5, 0.6) is 0 Å². The lowest BCUT2D eigenvalue weighted by Gasteiger charge is -2.09. The number of nitrogens with one attached hydrogen (secondary N) is 1. The van der Waals surface area contributed by atoms with E-state index in [1.807, 2.05) is 36.4 Å². The molecule has 0 spiro atoms. The van der Waals surface area contributed by atoms with Gasteiger partial charge in [0.2, 0.25) is 0 Å². The number of hydrogen-bond acceptors (Lipinski definition) is 6. The Hall–Kier alpha value is -2.86. The third-order valence-electron chi connectivity index (χ3n) is 3.19. The molecule has 116 valence electrons. The summed E-state index contributed by atoms with van der Waals surface area (Å²) >= 11 is 0. The van der Waals surface area contributed by atoms with Gasteiger partial charge in [-0.15, -0.1) is 0 Å². The summed E-state index contributed by atoms with van der Waals surface area (Å²) in [5.74, 6) is 1.35. The molecule has 3 aromatic rings. The second kappa shape index (κ2) is 7.42. The average Bonchev–Trinajstić information content (AvgIpc) is 2.63. The fourth-order valence-corrected chi connectivity index (χ4v) is 2.09. The van der Waals surface area contributed by atoms with Crippen LogP contribution in [-0.2, 0) is 4.74 Å². The number of rotatable bonds is 6. The van der Waals surface area contributed by atoms with Gasteiger partial charge in [0, 0.05) is 43.9 Å². The first-order valence-corrected chi connectivity index (χ1v) is 7.30. The molecule has 0 aromatic carbocycles. The van der Waals surface area contributed by atoms with Gasteiger partial charge in [0.15, 0.2) is 5.82 Å². The molecule has 0 aliphatic rings. The molecule has 3 heterocycles. The van der Waals surface area contributed by atoms with Crippen LogP contribution in [0.25, 0.3) is 22.8 Å². The van der Waals surface area contributed by atoms with E-state index in [2.05, 4.69) is 25.3 Å². The van der Waals surface area contributed by atoms with E-state index in [9.17, 15) is 0 Å². The first-order chi connectivity index (χ1) is 11.4. The molecule has 0 saturated carbocycles. The summed E-state index contributed by atoms with van der Waals surface area (Å²) < 4.78 is 5.07. The number of methoxy groups -OCH3 is 1. The van der Waals surface area contributed by atoms with Crippen molar-refractivity contribution in [3.63, 3.8) is 0 Å². The van der Waals surface area contributed by atoms with Crippen molar-refractivity contribution in [1.29, 1.82) is 0 Å². The molecule has 0 saturated heterocycles. The zero-order valence-electron chi connectivity index (χ0n) is 12.8. The topological polar surface area (TPSA) is 72.8 Å². The summed E-state index contributed by atoms with van der Waals surface area (Å²) in [5, 5.41) is 3.24. The van der Waals surface area contributed by atoms with Crippen molar-refractivity contribution in [3.8, 4) is 22.8 Å². The Bertz CT molecular complexity index is 692. The summed E-state index contributed by atoms with van der Waals surface area (Å²) in [5.41, 5.74) is 2.43. The van der Waals surface area contributed by atoms with Crippen molar-refractivity contribution >= 4 is 5.82 Å². The van der Waals surface area contributed by atoms with Crippen LogP contribution >= 0.6 is 0 Å². The van der Waals surface area contributed by atoms with Gasteiger partial charge in [0.25, 0.3) is 0 Å². The van der Waals surface area contributed by atoms with E-state index in [1.165, 1.54) is 0 Å². The SMILES string of the molecule is COCCNc1cc(-c2ccccn2)nc(-c2cccnc2)n1. The lowest BCUT2D eigenvalue weighted by Crippen LogP contribution is -2.10. The molecular weight excluding hydrogens is 290 g/mol. The van der Waals surface area contributed by atoms with Gasteiger partial charge < -0.3 is 10.1 Å². The summed E-state index contributed by atoms with van der Waals surface area (Å²) in [6, 6.07) is 11.4. The van der Waals surface area contributed by atoms with Gasteiger partial charge in [-0.05, 0) is 24.3 Å². The van der Waals surface area contributed by atoms with E-state index in [0.717, 1.165) is 22.8 Å². The molecule has 0 amide bonds. The molecule has 3 rings (SSSR count). The Balaban J connectivity index is 2.00. The van der Waals surface area contributed by atoms with E-state index in [-0.39, 0.29) is 0 Å². The predicted molar refractivity (Wildman–Crippen MR) is 88.9 cm³/mol. The molecule has 0 fully saturated rings. The van der Waals surface area contributed by atoms with E-state index in [4.69, 9.17) is 4.74 Å².